The number of nitrogens with zero attached hydrogens (tertiary/aromatic N) is 1. The average Bonchev–Trinajstić information content (AvgIpc) is 2.84. The van der Waals surface area contributed by atoms with Crippen molar-refractivity contribution in [2.24, 2.45) is 0 Å². The lowest BCUT2D eigenvalue weighted by Gasteiger charge is -2.05. The molecule has 0 aromatic carbocycles. The van der Waals surface area contributed by atoms with Crippen molar-refractivity contribution in [1.29, 1.82) is 0 Å². The first-order valence-corrected chi connectivity index (χ1v) is 6.39. The molecule has 0 spiro atoms. The van der Waals surface area contributed by atoms with E-state index in [0.717, 1.165) is 15.9 Å². The third-order valence-electron chi connectivity index (χ3n) is 2.48. The van der Waals surface area contributed by atoms with Gasteiger partial charge in [0.15, 0.2) is 0 Å². The van der Waals surface area contributed by atoms with E-state index >= 15 is 0 Å². The molecule has 0 aliphatic carbocycles. The maximum atomic E-state index is 11.7. The number of amides is 1. The topological polar surface area (TPSA) is 55.1 Å². The molecule has 18 heavy (non-hydrogen) atoms. The first-order chi connectivity index (χ1) is 8.65. The summed E-state index contributed by atoms with van der Waals surface area (Å²) in [4.78, 5) is 15.8. The van der Waals surface area contributed by atoms with Crippen molar-refractivity contribution in [1.82, 2.24) is 4.98 Å². The van der Waals surface area contributed by atoms with E-state index in [2.05, 4.69) is 26.2 Å². The molecule has 2 rings (SSSR count). The number of hydrogen-bond acceptors (Lipinski definition) is 3. The summed E-state index contributed by atoms with van der Waals surface area (Å²) in [5, 5.41) is 2.81. The summed E-state index contributed by atoms with van der Waals surface area (Å²) in [7, 11) is 0. The van der Waals surface area contributed by atoms with Gasteiger partial charge in [0, 0.05) is 12.8 Å². The number of hydrogen-bond donors (Lipinski definition) is 1. The predicted octanol–water partition coefficient (Wildman–Crippen LogP) is 3.32. The van der Waals surface area contributed by atoms with Crippen LogP contribution in [0.15, 0.2) is 39.7 Å². The zero-order chi connectivity index (χ0) is 13.0. The zero-order valence-corrected chi connectivity index (χ0v) is 11.5. The summed E-state index contributed by atoms with van der Waals surface area (Å²) in [6.45, 7) is 1.93. The number of furan rings is 1. The molecule has 2 aromatic rings. The van der Waals surface area contributed by atoms with Crippen molar-refractivity contribution >= 4 is 27.5 Å². The van der Waals surface area contributed by atoms with Crippen molar-refractivity contribution in [3.05, 3.63) is 46.6 Å². The smallest absolute Gasteiger partial charge is 0.224 e. The molecule has 0 bridgehead atoms. The van der Waals surface area contributed by atoms with Gasteiger partial charge in [-0.1, -0.05) is 0 Å². The SMILES string of the molecule is Cc1cc(NC(=O)CCc2ccco2)cnc1Br. The Labute approximate surface area is 114 Å². The van der Waals surface area contributed by atoms with Gasteiger partial charge in [0.2, 0.25) is 5.91 Å². The minimum absolute atomic E-state index is 0.0464. The summed E-state index contributed by atoms with van der Waals surface area (Å²) in [5.41, 5.74) is 1.69. The van der Waals surface area contributed by atoms with Crippen molar-refractivity contribution in [2.75, 3.05) is 5.32 Å². The minimum atomic E-state index is -0.0464. The fourth-order valence-corrected chi connectivity index (χ4v) is 1.76. The molecule has 1 N–H and O–H groups in total. The maximum Gasteiger partial charge on any atom is 0.224 e. The first kappa shape index (κ1) is 12.8. The Hall–Kier alpha value is -1.62. The molecular weight excluding hydrogens is 296 g/mol. The van der Waals surface area contributed by atoms with Gasteiger partial charge in [-0.2, -0.15) is 0 Å². The molecule has 0 saturated heterocycles. The Morgan fingerprint density at radius 1 is 1.56 bits per heavy atom. The van der Waals surface area contributed by atoms with Crippen molar-refractivity contribution < 1.29 is 9.21 Å². The van der Waals surface area contributed by atoms with Crippen molar-refractivity contribution in [2.45, 2.75) is 19.8 Å². The Balaban J connectivity index is 1.88. The number of pyridine rings is 1. The summed E-state index contributed by atoms with van der Waals surface area (Å²) < 4.78 is 5.96. The van der Waals surface area contributed by atoms with Gasteiger partial charge >= 0.3 is 0 Å². The van der Waals surface area contributed by atoms with E-state index in [9.17, 15) is 4.79 Å². The summed E-state index contributed by atoms with van der Waals surface area (Å²) in [6.07, 6.45) is 4.22. The van der Waals surface area contributed by atoms with Crippen LogP contribution in [0.3, 0.4) is 0 Å². The van der Waals surface area contributed by atoms with Crippen LogP contribution in [-0.4, -0.2) is 10.9 Å². The number of carbonyl (C=O) groups excluding carboxylic acids is 1. The Kier molecular flexibility index (Phi) is 4.15. The fraction of sp³-hybridized carbons (Fsp3) is 0.231. The number of aryl methyl sites for hydroxylation is 2. The second-order valence-corrected chi connectivity index (χ2v) is 4.71. The normalized spacial score (nSPS) is 10.3. The van der Waals surface area contributed by atoms with E-state index in [1.807, 2.05) is 25.1 Å². The van der Waals surface area contributed by atoms with Gasteiger partial charge in [0.05, 0.1) is 18.1 Å². The lowest BCUT2D eigenvalue weighted by Crippen LogP contribution is -2.12. The molecule has 1 amide bonds. The van der Waals surface area contributed by atoms with E-state index in [-0.39, 0.29) is 5.91 Å². The summed E-state index contributed by atoms with van der Waals surface area (Å²) in [6, 6.07) is 5.55. The number of nitrogens with one attached hydrogen (secondary N) is 1. The second-order valence-electron chi connectivity index (χ2n) is 3.96. The van der Waals surface area contributed by atoms with E-state index in [1.165, 1.54) is 0 Å². The van der Waals surface area contributed by atoms with Gasteiger partial charge < -0.3 is 9.73 Å². The molecule has 2 heterocycles. The molecule has 4 nitrogen and oxygen atoms in total. The standard InChI is InChI=1S/C13H13BrN2O2/c1-9-7-10(8-15-13(9)14)16-12(17)5-4-11-3-2-6-18-11/h2-3,6-8H,4-5H2,1H3,(H,16,17). The van der Waals surface area contributed by atoms with E-state index in [0.29, 0.717) is 18.5 Å². The molecule has 0 aliphatic heterocycles. The largest absolute Gasteiger partial charge is 0.469 e. The summed E-state index contributed by atoms with van der Waals surface area (Å²) >= 11 is 3.32. The van der Waals surface area contributed by atoms with Crippen LogP contribution < -0.4 is 5.32 Å². The molecule has 0 saturated carbocycles. The summed E-state index contributed by atoms with van der Waals surface area (Å²) in [5.74, 6) is 0.769. The van der Waals surface area contributed by atoms with Crippen LogP contribution >= 0.6 is 15.9 Å². The van der Waals surface area contributed by atoms with Gasteiger partial charge in [-0.25, -0.2) is 4.98 Å². The Morgan fingerprint density at radius 2 is 2.39 bits per heavy atom. The molecule has 0 unspecified atom stereocenters. The monoisotopic (exact) mass is 308 g/mol. The predicted molar refractivity (Wildman–Crippen MR) is 72.3 cm³/mol. The van der Waals surface area contributed by atoms with Crippen LogP contribution in [0.25, 0.3) is 0 Å². The van der Waals surface area contributed by atoms with Crippen LogP contribution in [0.1, 0.15) is 17.7 Å². The molecule has 0 aliphatic rings. The number of anilines is 1. The fourth-order valence-electron chi connectivity index (χ4n) is 1.54. The van der Waals surface area contributed by atoms with Gasteiger partial charge in [-0.3, -0.25) is 4.79 Å². The lowest BCUT2D eigenvalue weighted by molar-refractivity contribution is -0.116. The van der Waals surface area contributed by atoms with Gasteiger partial charge in [-0.05, 0) is 46.6 Å². The van der Waals surface area contributed by atoms with Crippen molar-refractivity contribution in [3.8, 4) is 0 Å². The van der Waals surface area contributed by atoms with Crippen LogP contribution in [0, 0.1) is 6.92 Å². The highest BCUT2D eigenvalue weighted by atomic mass is 79.9. The Morgan fingerprint density at radius 3 is 3.06 bits per heavy atom. The second kappa shape index (κ2) is 5.82. The zero-order valence-electron chi connectivity index (χ0n) is 9.94. The average molecular weight is 309 g/mol. The lowest BCUT2D eigenvalue weighted by atomic mass is 10.2. The van der Waals surface area contributed by atoms with Crippen LogP contribution in [0.2, 0.25) is 0 Å². The van der Waals surface area contributed by atoms with Gasteiger partial charge in [0.1, 0.15) is 10.4 Å². The number of aromatic nitrogens is 1. The highest BCUT2D eigenvalue weighted by Crippen LogP contribution is 2.17. The molecule has 5 heteroatoms. The van der Waals surface area contributed by atoms with Gasteiger partial charge in [-0.15, -0.1) is 0 Å². The Bertz CT molecular complexity index is 538. The van der Waals surface area contributed by atoms with Crippen LogP contribution in [-0.2, 0) is 11.2 Å². The highest BCUT2D eigenvalue weighted by Gasteiger charge is 2.06. The van der Waals surface area contributed by atoms with Crippen molar-refractivity contribution in [3.63, 3.8) is 0 Å². The number of carbonyl (C=O) groups is 1. The van der Waals surface area contributed by atoms with E-state index in [1.54, 1.807) is 12.5 Å². The van der Waals surface area contributed by atoms with Crippen LogP contribution in [0.5, 0.6) is 0 Å². The first-order valence-electron chi connectivity index (χ1n) is 5.59. The number of rotatable bonds is 4. The maximum absolute atomic E-state index is 11.7. The molecule has 0 radical (unpaired) electrons. The van der Waals surface area contributed by atoms with Crippen LogP contribution in [0.4, 0.5) is 5.69 Å². The molecule has 0 atom stereocenters. The molecule has 0 fully saturated rings. The highest BCUT2D eigenvalue weighted by molar-refractivity contribution is 9.10. The molecule has 2 aromatic heterocycles. The van der Waals surface area contributed by atoms with E-state index in [4.69, 9.17) is 4.42 Å². The minimum Gasteiger partial charge on any atom is -0.469 e. The molecular formula is C13H13BrN2O2. The van der Waals surface area contributed by atoms with Gasteiger partial charge in [0.25, 0.3) is 0 Å². The quantitative estimate of drug-likeness (QED) is 0.882. The third kappa shape index (κ3) is 3.43. The molecule has 94 valence electrons. The third-order valence-corrected chi connectivity index (χ3v) is 3.31. The number of halogens is 1. The van der Waals surface area contributed by atoms with E-state index < -0.39 is 0 Å².